The van der Waals surface area contributed by atoms with Crippen LogP contribution in [-0.2, 0) is 12.0 Å². The summed E-state index contributed by atoms with van der Waals surface area (Å²) in [6.07, 6.45) is 6.06. The number of nitrogens with zero attached hydrogens (tertiary/aromatic N) is 6. The summed E-state index contributed by atoms with van der Waals surface area (Å²) in [5, 5.41) is 8.63. The number of aromatic nitrogens is 5. The Morgan fingerprint density at radius 3 is 2.48 bits per heavy atom. The molecule has 0 unspecified atom stereocenters. The Morgan fingerprint density at radius 1 is 1.11 bits per heavy atom. The van der Waals surface area contributed by atoms with Crippen molar-refractivity contribution < 1.29 is 8.78 Å². The van der Waals surface area contributed by atoms with Crippen molar-refractivity contribution in [2.24, 2.45) is 5.92 Å². The van der Waals surface area contributed by atoms with E-state index in [2.05, 4.69) is 15.3 Å². The Kier molecular flexibility index (Phi) is 4.55. The molecule has 0 spiro atoms. The van der Waals surface area contributed by atoms with E-state index in [1.54, 1.807) is 4.90 Å². The minimum Gasteiger partial charge on any atom is -0.348 e. The minimum atomic E-state index is -2.68. The van der Waals surface area contributed by atoms with Gasteiger partial charge in [-0.1, -0.05) is 45.2 Å². The van der Waals surface area contributed by atoms with Crippen LogP contribution in [0.1, 0.15) is 65.1 Å². The van der Waals surface area contributed by atoms with Gasteiger partial charge < -0.3 is 4.90 Å². The lowest BCUT2D eigenvalue weighted by Gasteiger charge is -2.23. The molecule has 148 valence electrons. The van der Waals surface area contributed by atoms with E-state index in [9.17, 15) is 8.78 Å². The van der Waals surface area contributed by atoms with Crippen LogP contribution in [0, 0.1) is 5.92 Å². The predicted molar refractivity (Wildman–Crippen MR) is 100 cm³/mol. The molecule has 1 aliphatic heterocycles. The summed E-state index contributed by atoms with van der Waals surface area (Å²) >= 11 is 0. The summed E-state index contributed by atoms with van der Waals surface area (Å²) in [7, 11) is 0. The molecule has 0 atom stereocenters. The third-order valence-electron chi connectivity index (χ3n) is 5.64. The zero-order valence-electron chi connectivity index (χ0n) is 16.4. The van der Waals surface area contributed by atoms with Crippen molar-refractivity contribution in [1.82, 2.24) is 25.0 Å². The molecule has 0 radical (unpaired) electrons. The van der Waals surface area contributed by atoms with Crippen molar-refractivity contribution in [3.05, 3.63) is 5.82 Å². The summed E-state index contributed by atoms with van der Waals surface area (Å²) in [6, 6.07) is 0. The lowest BCUT2D eigenvalue weighted by molar-refractivity contribution is 0.0257. The van der Waals surface area contributed by atoms with Gasteiger partial charge in [0.25, 0.3) is 5.92 Å². The van der Waals surface area contributed by atoms with Crippen LogP contribution in [0.3, 0.4) is 0 Å². The van der Waals surface area contributed by atoms with Crippen LogP contribution in [-0.4, -0.2) is 44.0 Å². The SMILES string of the molecule is CC(C)(C)c1nc(N2CCC(F)(F)C2)c2nnn(CC3CCCCC3)c2n1. The van der Waals surface area contributed by atoms with Gasteiger partial charge in [-0.25, -0.2) is 23.4 Å². The Labute approximate surface area is 158 Å². The van der Waals surface area contributed by atoms with Crippen LogP contribution in [0.25, 0.3) is 11.2 Å². The molecular formula is C19H28F2N6. The van der Waals surface area contributed by atoms with Gasteiger partial charge >= 0.3 is 0 Å². The monoisotopic (exact) mass is 378 g/mol. The molecule has 0 amide bonds. The highest BCUT2D eigenvalue weighted by molar-refractivity contribution is 5.83. The fourth-order valence-corrected chi connectivity index (χ4v) is 4.05. The number of anilines is 1. The zero-order chi connectivity index (χ0) is 19.2. The van der Waals surface area contributed by atoms with E-state index >= 15 is 0 Å². The average Bonchev–Trinajstić information content (AvgIpc) is 3.17. The molecule has 2 aliphatic rings. The first kappa shape index (κ1) is 18.5. The second-order valence-corrected chi connectivity index (χ2v) is 9.10. The summed E-state index contributed by atoms with van der Waals surface area (Å²) in [5.74, 6) is -0.960. The van der Waals surface area contributed by atoms with Gasteiger partial charge in [0.05, 0.1) is 6.54 Å². The molecule has 1 saturated heterocycles. The van der Waals surface area contributed by atoms with E-state index in [0.29, 0.717) is 28.7 Å². The largest absolute Gasteiger partial charge is 0.348 e. The van der Waals surface area contributed by atoms with E-state index in [0.717, 1.165) is 6.54 Å². The fraction of sp³-hybridized carbons (Fsp3) is 0.789. The molecule has 2 aromatic heterocycles. The molecule has 27 heavy (non-hydrogen) atoms. The normalized spacial score (nSPS) is 21.3. The van der Waals surface area contributed by atoms with Gasteiger partial charge in [-0.15, -0.1) is 5.10 Å². The lowest BCUT2D eigenvalue weighted by atomic mass is 9.89. The highest BCUT2D eigenvalue weighted by atomic mass is 19.3. The van der Waals surface area contributed by atoms with Crippen molar-refractivity contribution in [3.8, 4) is 0 Å². The first-order valence-electron chi connectivity index (χ1n) is 9.97. The van der Waals surface area contributed by atoms with Gasteiger partial charge in [-0.3, -0.25) is 0 Å². The molecule has 0 bridgehead atoms. The molecule has 4 rings (SSSR count). The molecular weight excluding hydrogens is 350 g/mol. The predicted octanol–water partition coefficient (Wildman–Crippen LogP) is 3.94. The summed E-state index contributed by atoms with van der Waals surface area (Å²) in [6.45, 7) is 6.84. The third kappa shape index (κ3) is 3.75. The van der Waals surface area contributed by atoms with Crippen LogP contribution in [0.5, 0.6) is 0 Å². The van der Waals surface area contributed by atoms with Gasteiger partial charge in [0.15, 0.2) is 17.0 Å². The summed E-state index contributed by atoms with van der Waals surface area (Å²) in [5.41, 5.74) is 0.924. The second-order valence-electron chi connectivity index (χ2n) is 9.10. The quantitative estimate of drug-likeness (QED) is 0.809. The summed E-state index contributed by atoms with van der Waals surface area (Å²) < 4.78 is 29.5. The highest BCUT2D eigenvalue weighted by Gasteiger charge is 2.40. The molecule has 2 fully saturated rings. The van der Waals surface area contributed by atoms with E-state index in [-0.39, 0.29) is 24.9 Å². The number of rotatable bonds is 3. The van der Waals surface area contributed by atoms with Crippen molar-refractivity contribution in [2.75, 3.05) is 18.0 Å². The van der Waals surface area contributed by atoms with Crippen LogP contribution >= 0.6 is 0 Å². The molecule has 0 aromatic carbocycles. The maximum Gasteiger partial charge on any atom is 0.266 e. The topological polar surface area (TPSA) is 59.7 Å². The maximum absolute atomic E-state index is 13.8. The van der Waals surface area contributed by atoms with Crippen molar-refractivity contribution >= 4 is 17.0 Å². The number of alkyl halides is 2. The van der Waals surface area contributed by atoms with E-state index < -0.39 is 5.92 Å². The van der Waals surface area contributed by atoms with Crippen LogP contribution in [0.4, 0.5) is 14.6 Å². The molecule has 8 heteroatoms. The molecule has 2 aromatic rings. The molecule has 6 nitrogen and oxygen atoms in total. The first-order chi connectivity index (χ1) is 12.7. The Bertz CT molecular complexity index is 819. The highest BCUT2D eigenvalue weighted by Crippen LogP contribution is 2.34. The number of fused-ring (bicyclic) bond motifs is 1. The molecule has 1 aliphatic carbocycles. The van der Waals surface area contributed by atoms with Crippen LogP contribution < -0.4 is 4.90 Å². The number of hydrogen-bond acceptors (Lipinski definition) is 5. The van der Waals surface area contributed by atoms with Gasteiger partial charge in [0.1, 0.15) is 5.82 Å². The van der Waals surface area contributed by atoms with Gasteiger partial charge in [-0.2, -0.15) is 0 Å². The van der Waals surface area contributed by atoms with E-state index in [1.807, 2.05) is 25.5 Å². The number of halogens is 2. The maximum atomic E-state index is 13.8. The van der Waals surface area contributed by atoms with E-state index in [4.69, 9.17) is 4.98 Å². The van der Waals surface area contributed by atoms with Crippen molar-refractivity contribution in [2.45, 2.75) is 77.2 Å². The van der Waals surface area contributed by atoms with Gasteiger partial charge in [0, 0.05) is 24.9 Å². The Balaban J connectivity index is 1.75. The Morgan fingerprint density at radius 2 is 1.85 bits per heavy atom. The minimum absolute atomic E-state index is 0.153. The second kappa shape index (κ2) is 6.63. The van der Waals surface area contributed by atoms with Crippen LogP contribution in [0.15, 0.2) is 0 Å². The smallest absolute Gasteiger partial charge is 0.266 e. The lowest BCUT2D eigenvalue weighted by Crippen LogP contribution is -2.27. The standard InChI is InChI=1S/C19H28F2N6/c1-18(2,3)17-22-15(26-10-9-19(20,21)12-26)14-16(23-17)27(25-24-14)11-13-7-5-4-6-8-13/h13H,4-12H2,1-3H3. The summed E-state index contributed by atoms with van der Waals surface area (Å²) in [4.78, 5) is 11.0. The van der Waals surface area contributed by atoms with Crippen molar-refractivity contribution in [1.29, 1.82) is 0 Å². The fourth-order valence-electron chi connectivity index (χ4n) is 4.05. The first-order valence-corrected chi connectivity index (χ1v) is 9.97. The molecule has 3 heterocycles. The number of hydrogen-bond donors (Lipinski definition) is 0. The average molecular weight is 378 g/mol. The third-order valence-corrected chi connectivity index (χ3v) is 5.64. The van der Waals surface area contributed by atoms with E-state index in [1.165, 1.54) is 32.1 Å². The molecule has 1 saturated carbocycles. The van der Waals surface area contributed by atoms with Gasteiger partial charge in [0.2, 0.25) is 0 Å². The van der Waals surface area contributed by atoms with Gasteiger partial charge in [-0.05, 0) is 18.8 Å². The Hall–Kier alpha value is -1.86. The zero-order valence-corrected chi connectivity index (χ0v) is 16.4. The molecule has 0 N–H and O–H groups in total. The van der Waals surface area contributed by atoms with Crippen LogP contribution in [0.2, 0.25) is 0 Å². The van der Waals surface area contributed by atoms with Crippen molar-refractivity contribution in [3.63, 3.8) is 0 Å².